The highest BCUT2D eigenvalue weighted by Crippen LogP contribution is 2.19. The maximum atomic E-state index is 12.4. The van der Waals surface area contributed by atoms with Crippen LogP contribution in [0.1, 0.15) is 21.9 Å². The average molecular weight is 445 g/mol. The van der Waals surface area contributed by atoms with Crippen LogP contribution in [0.3, 0.4) is 0 Å². The van der Waals surface area contributed by atoms with Gasteiger partial charge in [-0.3, -0.25) is 14.6 Å². The third-order valence-electron chi connectivity index (χ3n) is 5.06. The lowest BCUT2D eigenvalue weighted by atomic mass is 10.2. The summed E-state index contributed by atoms with van der Waals surface area (Å²) in [6.45, 7) is 5.11. The third-order valence-corrected chi connectivity index (χ3v) is 5.68. The standard InChI is InChI=1S/C22H22Cl2N4O2/c23-17-5-7-18(8-6-17)25-22(29)20-15-30-21(26-20)14-28-11-9-27(10-12-28)13-16-3-1-2-4-19(16)24/h1-8,15H,9-14H2,(H,25,29). The van der Waals surface area contributed by atoms with E-state index in [2.05, 4.69) is 26.2 Å². The van der Waals surface area contributed by atoms with Crippen molar-refractivity contribution in [2.75, 3.05) is 31.5 Å². The summed E-state index contributed by atoms with van der Waals surface area (Å²) >= 11 is 12.1. The van der Waals surface area contributed by atoms with Gasteiger partial charge in [-0.05, 0) is 35.9 Å². The van der Waals surface area contributed by atoms with Crippen LogP contribution in [0.15, 0.2) is 59.2 Å². The van der Waals surface area contributed by atoms with E-state index in [1.807, 2.05) is 18.2 Å². The van der Waals surface area contributed by atoms with Crippen molar-refractivity contribution in [2.24, 2.45) is 0 Å². The second-order valence-corrected chi connectivity index (χ2v) is 8.07. The minimum Gasteiger partial charge on any atom is -0.447 e. The first-order chi connectivity index (χ1) is 14.6. The number of nitrogens with zero attached hydrogens (tertiary/aromatic N) is 3. The predicted molar refractivity (Wildman–Crippen MR) is 118 cm³/mol. The second-order valence-electron chi connectivity index (χ2n) is 7.23. The van der Waals surface area contributed by atoms with E-state index in [9.17, 15) is 4.79 Å². The maximum absolute atomic E-state index is 12.4. The number of aromatic nitrogens is 1. The normalized spacial score (nSPS) is 15.3. The van der Waals surface area contributed by atoms with Crippen LogP contribution in [0, 0.1) is 0 Å². The highest BCUT2D eigenvalue weighted by atomic mass is 35.5. The van der Waals surface area contributed by atoms with Gasteiger partial charge >= 0.3 is 0 Å². The Balaban J connectivity index is 1.27. The summed E-state index contributed by atoms with van der Waals surface area (Å²) in [4.78, 5) is 21.4. The first-order valence-corrected chi connectivity index (χ1v) is 10.5. The number of hydrogen-bond donors (Lipinski definition) is 1. The summed E-state index contributed by atoms with van der Waals surface area (Å²) in [6.07, 6.45) is 1.40. The van der Waals surface area contributed by atoms with E-state index >= 15 is 0 Å². The first kappa shape index (κ1) is 20.9. The topological polar surface area (TPSA) is 61.6 Å². The number of anilines is 1. The number of nitrogens with one attached hydrogen (secondary N) is 1. The summed E-state index contributed by atoms with van der Waals surface area (Å²) < 4.78 is 5.52. The molecule has 30 heavy (non-hydrogen) atoms. The molecular formula is C22H22Cl2N4O2. The molecule has 1 amide bonds. The molecule has 4 rings (SSSR count). The van der Waals surface area contributed by atoms with Crippen LogP contribution in [0.2, 0.25) is 10.0 Å². The minimum absolute atomic E-state index is 0.261. The molecule has 1 saturated heterocycles. The number of halogens is 2. The second kappa shape index (κ2) is 9.62. The van der Waals surface area contributed by atoms with Crippen LogP contribution in [-0.4, -0.2) is 46.9 Å². The Morgan fingerprint density at radius 2 is 1.63 bits per heavy atom. The lowest BCUT2D eigenvalue weighted by molar-refractivity contribution is 0.102. The Bertz CT molecular complexity index is 998. The van der Waals surface area contributed by atoms with Gasteiger partial charge in [0.15, 0.2) is 5.69 Å². The summed E-state index contributed by atoms with van der Waals surface area (Å²) in [5, 5.41) is 4.21. The SMILES string of the molecule is O=C(Nc1ccc(Cl)cc1)c1coc(CN2CCN(Cc3ccccc3Cl)CC2)n1. The first-order valence-electron chi connectivity index (χ1n) is 9.76. The lowest BCUT2D eigenvalue weighted by Crippen LogP contribution is -2.45. The van der Waals surface area contributed by atoms with E-state index in [0.717, 1.165) is 43.3 Å². The quantitative estimate of drug-likeness (QED) is 0.603. The molecule has 156 valence electrons. The molecule has 3 aromatic rings. The molecule has 1 aliphatic rings. The molecule has 1 N–H and O–H groups in total. The van der Waals surface area contributed by atoms with Crippen molar-refractivity contribution in [3.05, 3.63) is 82.0 Å². The monoisotopic (exact) mass is 444 g/mol. The highest BCUT2D eigenvalue weighted by molar-refractivity contribution is 6.31. The lowest BCUT2D eigenvalue weighted by Gasteiger charge is -2.34. The number of hydrogen-bond acceptors (Lipinski definition) is 5. The van der Waals surface area contributed by atoms with Crippen LogP contribution in [0.4, 0.5) is 5.69 Å². The fourth-order valence-electron chi connectivity index (χ4n) is 3.38. The maximum Gasteiger partial charge on any atom is 0.277 e. The molecule has 2 heterocycles. The average Bonchev–Trinajstić information content (AvgIpc) is 3.21. The predicted octanol–water partition coefficient (Wildman–Crippen LogP) is 4.55. The number of benzene rings is 2. The Hall–Kier alpha value is -2.38. The Morgan fingerprint density at radius 1 is 0.967 bits per heavy atom. The van der Waals surface area contributed by atoms with Crippen LogP contribution < -0.4 is 5.32 Å². The van der Waals surface area contributed by atoms with Gasteiger partial charge in [0.1, 0.15) is 6.26 Å². The van der Waals surface area contributed by atoms with Crippen molar-refractivity contribution in [1.82, 2.24) is 14.8 Å². The summed E-state index contributed by atoms with van der Waals surface area (Å²) in [5.41, 5.74) is 2.07. The molecule has 1 fully saturated rings. The van der Waals surface area contributed by atoms with Gasteiger partial charge in [-0.25, -0.2) is 4.98 Å². The van der Waals surface area contributed by atoms with Crippen LogP contribution in [0.5, 0.6) is 0 Å². The van der Waals surface area contributed by atoms with Crippen LogP contribution >= 0.6 is 23.2 Å². The van der Waals surface area contributed by atoms with E-state index in [0.29, 0.717) is 23.1 Å². The van der Waals surface area contributed by atoms with Gasteiger partial charge in [-0.15, -0.1) is 0 Å². The molecule has 0 atom stereocenters. The zero-order valence-corrected chi connectivity index (χ0v) is 17.9. The van der Waals surface area contributed by atoms with Gasteiger partial charge in [0.05, 0.1) is 6.54 Å². The smallest absolute Gasteiger partial charge is 0.277 e. The van der Waals surface area contributed by atoms with E-state index in [4.69, 9.17) is 27.6 Å². The van der Waals surface area contributed by atoms with E-state index in [-0.39, 0.29) is 11.6 Å². The molecule has 0 spiro atoms. The number of amides is 1. The fourth-order valence-corrected chi connectivity index (χ4v) is 3.70. The van der Waals surface area contributed by atoms with Crippen molar-refractivity contribution in [3.8, 4) is 0 Å². The van der Waals surface area contributed by atoms with Crippen LogP contribution in [-0.2, 0) is 13.1 Å². The molecule has 1 aromatic heterocycles. The Kier molecular flexibility index (Phi) is 6.69. The van der Waals surface area contributed by atoms with Crippen molar-refractivity contribution in [1.29, 1.82) is 0 Å². The molecule has 8 heteroatoms. The number of carbonyl (C=O) groups is 1. The molecule has 0 bridgehead atoms. The number of carbonyl (C=O) groups excluding carboxylic acids is 1. The summed E-state index contributed by atoms with van der Waals surface area (Å²) in [7, 11) is 0. The molecule has 2 aromatic carbocycles. The summed E-state index contributed by atoms with van der Waals surface area (Å²) in [5.74, 6) is 0.229. The van der Waals surface area contributed by atoms with E-state index in [1.54, 1.807) is 24.3 Å². The summed E-state index contributed by atoms with van der Waals surface area (Å²) in [6, 6.07) is 14.9. The largest absolute Gasteiger partial charge is 0.447 e. The minimum atomic E-state index is -0.308. The number of rotatable bonds is 6. The molecule has 6 nitrogen and oxygen atoms in total. The van der Waals surface area contributed by atoms with Crippen LogP contribution in [0.25, 0.3) is 0 Å². The van der Waals surface area contributed by atoms with Gasteiger partial charge in [0.25, 0.3) is 5.91 Å². The van der Waals surface area contributed by atoms with Gasteiger partial charge < -0.3 is 9.73 Å². The van der Waals surface area contributed by atoms with Gasteiger partial charge in [0, 0.05) is 48.5 Å². The fraction of sp³-hybridized carbons (Fsp3) is 0.273. The number of piperazine rings is 1. The van der Waals surface area contributed by atoms with Crippen molar-refractivity contribution in [3.63, 3.8) is 0 Å². The molecule has 0 unspecified atom stereocenters. The molecule has 0 radical (unpaired) electrons. The zero-order valence-electron chi connectivity index (χ0n) is 16.4. The third kappa shape index (κ3) is 5.40. The zero-order chi connectivity index (χ0) is 20.9. The number of oxazole rings is 1. The Morgan fingerprint density at radius 3 is 2.33 bits per heavy atom. The molecule has 1 aliphatic heterocycles. The molecule has 0 aliphatic carbocycles. The highest BCUT2D eigenvalue weighted by Gasteiger charge is 2.20. The van der Waals surface area contributed by atoms with E-state index in [1.165, 1.54) is 6.26 Å². The van der Waals surface area contributed by atoms with Crippen molar-refractivity contribution in [2.45, 2.75) is 13.1 Å². The van der Waals surface area contributed by atoms with Gasteiger partial charge in [0.2, 0.25) is 5.89 Å². The van der Waals surface area contributed by atoms with Gasteiger partial charge in [-0.1, -0.05) is 41.4 Å². The van der Waals surface area contributed by atoms with Gasteiger partial charge in [-0.2, -0.15) is 0 Å². The molecular weight excluding hydrogens is 423 g/mol. The van der Waals surface area contributed by atoms with Crippen molar-refractivity contribution < 1.29 is 9.21 Å². The molecule has 0 saturated carbocycles. The van der Waals surface area contributed by atoms with E-state index < -0.39 is 0 Å². The van der Waals surface area contributed by atoms with Crippen molar-refractivity contribution >= 4 is 34.8 Å². The Labute approximate surface area is 185 Å².